The second-order valence-corrected chi connectivity index (χ2v) is 9.32. The number of nitrogens with zero attached hydrogens (tertiary/aromatic N) is 3. The second kappa shape index (κ2) is 10.3. The van der Waals surface area contributed by atoms with Crippen LogP contribution in [0.15, 0.2) is 89.8 Å². The summed E-state index contributed by atoms with van der Waals surface area (Å²) in [7, 11) is 0. The van der Waals surface area contributed by atoms with Crippen molar-refractivity contribution in [3.05, 3.63) is 96.3 Å². The molecule has 0 spiro atoms. The highest BCUT2D eigenvalue weighted by atomic mass is 32.2. The molecule has 4 nitrogen and oxygen atoms in total. The molecule has 0 N–H and O–H groups in total. The normalized spacial score (nSPS) is 15.8. The molecule has 1 aromatic heterocycles. The van der Waals surface area contributed by atoms with Crippen LogP contribution in [-0.4, -0.2) is 47.3 Å². The number of rotatable bonds is 8. The number of para-hydroxylation sites is 2. The number of ether oxygens (including phenoxy) is 1. The second-order valence-electron chi connectivity index (χ2n) is 8.14. The van der Waals surface area contributed by atoms with Crippen LogP contribution in [-0.2, 0) is 11.3 Å². The minimum absolute atomic E-state index is 0.134. The number of imidazole rings is 1. The van der Waals surface area contributed by atoms with Gasteiger partial charge in [0.2, 0.25) is 0 Å². The molecule has 32 heavy (non-hydrogen) atoms. The van der Waals surface area contributed by atoms with Gasteiger partial charge in [0.15, 0.2) is 0 Å². The van der Waals surface area contributed by atoms with Crippen LogP contribution in [0.2, 0.25) is 0 Å². The zero-order valence-corrected chi connectivity index (χ0v) is 19.1. The van der Waals surface area contributed by atoms with Gasteiger partial charge in [0.1, 0.15) is 5.82 Å². The maximum atomic E-state index is 5.51. The zero-order chi connectivity index (χ0) is 21.6. The molecule has 0 bridgehead atoms. The average Bonchev–Trinajstić information content (AvgIpc) is 3.23. The lowest BCUT2D eigenvalue weighted by Crippen LogP contribution is -2.37. The van der Waals surface area contributed by atoms with Crippen molar-refractivity contribution < 1.29 is 4.74 Å². The van der Waals surface area contributed by atoms with Crippen LogP contribution in [0.3, 0.4) is 0 Å². The Balaban J connectivity index is 1.48. The van der Waals surface area contributed by atoms with Crippen molar-refractivity contribution in [3.8, 4) is 0 Å². The highest BCUT2D eigenvalue weighted by Gasteiger charge is 2.23. The lowest BCUT2D eigenvalue weighted by molar-refractivity contribution is 0.0369. The molecular formula is C27H29N3OS. The molecule has 0 aliphatic carbocycles. The number of hydrogen-bond donors (Lipinski definition) is 0. The summed E-state index contributed by atoms with van der Waals surface area (Å²) in [5.74, 6) is 1.13. The molecule has 0 saturated carbocycles. The summed E-state index contributed by atoms with van der Waals surface area (Å²) < 4.78 is 7.95. The SMILES string of the molecule is c1ccc(SC(c2ccccc2)c2nc3ccccc3n2CCCN2CCOCC2)cc1. The number of aromatic nitrogens is 2. The lowest BCUT2D eigenvalue weighted by Gasteiger charge is -2.27. The Kier molecular flexibility index (Phi) is 6.87. The Morgan fingerprint density at radius 2 is 1.50 bits per heavy atom. The molecule has 1 fully saturated rings. The molecule has 1 unspecified atom stereocenters. The molecule has 3 aromatic carbocycles. The summed E-state index contributed by atoms with van der Waals surface area (Å²) in [5, 5.41) is 0.134. The monoisotopic (exact) mass is 443 g/mol. The highest BCUT2D eigenvalue weighted by molar-refractivity contribution is 7.99. The van der Waals surface area contributed by atoms with Gasteiger partial charge in [0, 0.05) is 31.1 Å². The van der Waals surface area contributed by atoms with E-state index in [1.54, 1.807) is 0 Å². The van der Waals surface area contributed by atoms with Crippen molar-refractivity contribution in [2.24, 2.45) is 0 Å². The molecule has 1 atom stereocenters. The maximum Gasteiger partial charge on any atom is 0.127 e. The van der Waals surface area contributed by atoms with E-state index in [1.165, 1.54) is 16.0 Å². The Labute approximate surface area is 194 Å². The number of morpholine rings is 1. The number of fused-ring (bicyclic) bond motifs is 1. The lowest BCUT2D eigenvalue weighted by atomic mass is 10.1. The minimum Gasteiger partial charge on any atom is -0.379 e. The average molecular weight is 444 g/mol. The van der Waals surface area contributed by atoms with Crippen LogP contribution < -0.4 is 0 Å². The Morgan fingerprint density at radius 3 is 2.28 bits per heavy atom. The predicted molar refractivity (Wildman–Crippen MR) is 132 cm³/mol. The quantitative estimate of drug-likeness (QED) is 0.330. The van der Waals surface area contributed by atoms with Crippen LogP contribution >= 0.6 is 11.8 Å². The van der Waals surface area contributed by atoms with E-state index in [-0.39, 0.29) is 5.25 Å². The standard InChI is InChI=1S/C27H29N3OS/c1-3-10-22(11-4-1)26(32-23-12-5-2-6-13-23)27-28-24-14-7-8-15-25(24)30(27)17-9-16-29-18-20-31-21-19-29/h1-8,10-15,26H,9,16-21H2. The van der Waals surface area contributed by atoms with E-state index < -0.39 is 0 Å². The van der Waals surface area contributed by atoms with Crippen molar-refractivity contribution in [2.75, 3.05) is 32.8 Å². The van der Waals surface area contributed by atoms with Gasteiger partial charge in [-0.05, 0) is 36.2 Å². The third-order valence-corrected chi connectivity index (χ3v) is 7.24. The van der Waals surface area contributed by atoms with Gasteiger partial charge in [-0.1, -0.05) is 60.7 Å². The van der Waals surface area contributed by atoms with Crippen molar-refractivity contribution in [3.63, 3.8) is 0 Å². The van der Waals surface area contributed by atoms with E-state index in [0.29, 0.717) is 0 Å². The van der Waals surface area contributed by atoms with Gasteiger partial charge in [0.25, 0.3) is 0 Å². The van der Waals surface area contributed by atoms with Crippen LogP contribution in [0.25, 0.3) is 11.0 Å². The summed E-state index contributed by atoms with van der Waals surface area (Å²) in [6, 6.07) is 30.0. The summed E-state index contributed by atoms with van der Waals surface area (Å²) >= 11 is 1.88. The van der Waals surface area contributed by atoms with E-state index >= 15 is 0 Å². The van der Waals surface area contributed by atoms with Gasteiger partial charge in [0.05, 0.1) is 29.5 Å². The zero-order valence-electron chi connectivity index (χ0n) is 18.3. The topological polar surface area (TPSA) is 30.3 Å². The van der Waals surface area contributed by atoms with Gasteiger partial charge in [-0.25, -0.2) is 4.98 Å². The number of aryl methyl sites for hydroxylation is 1. The third-order valence-electron chi connectivity index (χ3n) is 5.98. The molecular weight excluding hydrogens is 414 g/mol. The van der Waals surface area contributed by atoms with Crippen molar-refractivity contribution in [1.82, 2.24) is 14.5 Å². The molecule has 1 saturated heterocycles. The molecule has 4 aromatic rings. The van der Waals surface area contributed by atoms with E-state index in [2.05, 4.69) is 94.4 Å². The van der Waals surface area contributed by atoms with Gasteiger partial charge in [-0.15, -0.1) is 11.8 Å². The van der Waals surface area contributed by atoms with Crippen LogP contribution in [0.4, 0.5) is 0 Å². The maximum absolute atomic E-state index is 5.51. The van der Waals surface area contributed by atoms with Crippen LogP contribution in [0.1, 0.15) is 23.1 Å². The number of hydrogen-bond acceptors (Lipinski definition) is 4. The molecule has 5 rings (SSSR count). The van der Waals surface area contributed by atoms with E-state index in [9.17, 15) is 0 Å². The van der Waals surface area contributed by atoms with E-state index in [0.717, 1.165) is 57.2 Å². The molecule has 0 radical (unpaired) electrons. The molecule has 1 aliphatic rings. The fraction of sp³-hybridized carbons (Fsp3) is 0.296. The summed E-state index contributed by atoms with van der Waals surface area (Å²) in [5.41, 5.74) is 3.58. The predicted octanol–water partition coefficient (Wildman–Crippen LogP) is 5.64. The number of benzene rings is 3. The van der Waals surface area contributed by atoms with Gasteiger partial charge < -0.3 is 9.30 Å². The smallest absolute Gasteiger partial charge is 0.127 e. The number of thioether (sulfide) groups is 1. The molecule has 0 amide bonds. The fourth-order valence-corrected chi connectivity index (χ4v) is 5.50. The first-order valence-corrected chi connectivity index (χ1v) is 12.3. The third kappa shape index (κ3) is 4.90. The van der Waals surface area contributed by atoms with Gasteiger partial charge >= 0.3 is 0 Å². The largest absolute Gasteiger partial charge is 0.379 e. The molecule has 2 heterocycles. The van der Waals surface area contributed by atoms with Crippen molar-refractivity contribution in [1.29, 1.82) is 0 Å². The van der Waals surface area contributed by atoms with E-state index in [4.69, 9.17) is 9.72 Å². The van der Waals surface area contributed by atoms with Crippen LogP contribution in [0, 0.1) is 0 Å². The van der Waals surface area contributed by atoms with Gasteiger partial charge in [-0.2, -0.15) is 0 Å². The van der Waals surface area contributed by atoms with E-state index in [1.807, 2.05) is 11.8 Å². The molecule has 5 heteroatoms. The summed E-state index contributed by atoms with van der Waals surface area (Å²) in [6.07, 6.45) is 1.10. The highest BCUT2D eigenvalue weighted by Crippen LogP contribution is 2.41. The Bertz CT molecular complexity index is 1120. The minimum atomic E-state index is 0.134. The van der Waals surface area contributed by atoms with Crippen LogP contribution in [0.5, 0.6) is 0 Å². The van der Waals surface area contributed by atoms with Crippen molar-refractivity contribution in [2.45, 2.75) is 23.1 Å². The van der Waals surface area contributed by atoms with Crippen molar-refractivity contribution >= 4 is 22.8 Å². The van der Waals surface area contributed by atoms with Gasteiger partial charge in [-0.3, -0.25) is 4.90 Å². The first kappa shape index (κ1) is 21.3. The Morgan fingerprint density at radius 1 is 0.812 bits per heavy atom. The molecule has 1 aliphatic heterocycles. The molecule has 164 valence electrons. The summed E-state index contributed by atoms with van der Waals surface area (Å²) in [6.45, 7) is 5.83. The summed E-state index contributed by atoms with van der Waals surface area (Å²) in [4.78, 5) is 8.93. The Hall–Kier alpha value is -2.60. The fourth-order valence-electron chi connectivity index (χ4n) is 4.34. The first-order valence-electron chi connectivity index (χ1n) is 11.4. The first-order chi connectivity index (χ1) is 15.9.